The first kappa shape index (κ1) is 13.4. The molecule has 0 fully saturated rings. The Morgan fingerprint density at radius 3 is 2.44 bits per heavy atom. The summed E-state index contributed by atoms with van der Waals surface area (Å²) >= 11 is 6.46. The molecular formula is C10H11O3PS2. The number of carbonyl (C=O) groups excluding carboxylic acids is 2. The lowest BCUT2D eigenvalue weighted by Crippen LogP contribution is -1.95. The van der Waals surface area contributed by atoms with Gasteiger partial charge in [-0.2, -0.15) is 0 Å². The van der Waals surface area contributed by atoms with Crippen LogP contribution in [0.1, 0.15) is 5.56 Å². The molecule has 0 aliphatic heterocycles. The summed E-state index contributed by atoms with van der Waals surface area (Å²) in [6.45, 7) is 1.93. The Balaban J connectivity index is 2.99. The Labute approximate surface area is 104 Å². The second kappa shape index (κ2) is 5.62. The summed E-state index contributed by atoms with van der Waals surface area (Å²) in [7, 11) is 0. The number of aryl methyl sites for hydroxylation is 1. The second-order valence-corrected chi connectivity index (χ2v) is 7.53. The molecule has 1 aromatic rings. The maximum absolute atomic E-state index is 10.7. The number of rotatable bonds is 5. The topological polar surface area (TPSA) is 43.4 Å². The molecule has 0 amide bonds. The van der Waals surface area contributed by atoms with E-state index in [4.69, 9.17) is 16.3 Å². The van der Waals surface area contributed by atoms with Crippen LogP contribution in [0.5, 0.6) is 5.75 Å². The highest BCUT2D eigenvalue weighted by Crippen LogP contribution is 2.41. The minimum absolute atomic E-state index is 0.424. The van der Waals surface area contributed by atoms with E-state index in [2.05, 4.69) is 0 Å². The van der Waals surface area contributed by atoms with Gasteiger partial charge in [-0.15, -0.1) is 11.8 Å². The van der Waals surface area contributed by atoms with E-state index in [1.54, 1.807) is 23.9 Å². The Hall–Kier alpha value is -0.640. The summed E-state index contributed by atoms with van der Waals surface area (Å²) in [6.07, 6.45) is -1.00. The minimum Gasteiger partial charge on any atom is -0.453 e. The molecular weight excluding hydrogens is 263 g/mol. The van der Waals surface area contributed by atoms with Crippen molar-refractivity contribution in [2.75, 3.05) is 6.26 Å². The van der Waals surface area contributed by atoms with E-state index in [1.165, 1.54) is 0 Å². The van der Waals surface area contributed by atoms with E-state index < -0.39 is 6.26 Å². The third kappa shape index (κ3) is 3.17. The van der Waals surface area contributed by atoms with Crippen molar-refractivity contribution in [3.8, 4) is 5.75 Å². The van der Waals surface area contributed by atoms with Crippen LogP contribution in [0.4, 0.5) is 0 Å². The molecule has 0 saturated carbocycles. The predicted octanol–water partition coefficient (Wildman–Crippen LogP) is 2.87. The molecule has 86 valence electrons. The van der Waals surface area contributed by atoms with Crippen molar-refractivity contribution in [3.63, 3.8) is 0 Å². The van der Waals surface area contributed by atoms with Crippen molar-refractivity contribution < 1.29 is 14.1 Å². The lowest BCUT2D eigenvalue weighted by molar-refractivity contribution is 0.551. The molecule has 16 heavy (non-hydrogen) atoms. The highest BCUT2D eigenvalue weighted by atomic mass is 32.4. The van der Waals surface area contributed by atoms with Crippen molar-refractivity contribution in [3.05, 3.63) is 23.8 Å². The fourth-order valence-electron chi connectivity index (χ4n) is 1.14. The Morgan fingerprint density at radius 2 is 2.00 bits per heavy atom. The van der Waals surface area contributed by atoms with Crippen molar-refractivity contribution in [1.82, 2.24) is 0 Å². The van der Waals surface area contributed by atoms with Crippen LogP contribution in [-0.2, 0) is 21.4 Å². The molecule has 0 atom stereocenters. The maximum Gasteiger partial charge on any atom is 0.233 e. The van der Waals surface area contributed by atoms with Gasteiger partial charge in [0.2, 0.25) is 6.26 Å². The fraction of sp³-hybridized carbons (Fsp3) is 0.200. The van der Waals surface area contributed by atoms with E-state index in [9.17, 15) is 9.59 Å². The summed E-state index contributed by atoms with van der Waals surface area (Å²) in [5.74, 6) is 0.470. The van der Waals surface area contributed by atoms with Gasteiger partial charge in [-0.05, 0) is 48.7 Å². The SMILES string of the molecule is CSc1ccc(OP(=S)(C=O)C=O)cc1C. The first-order valence-corrected chi connectivity index (χ1v) is 8.49. The van der Waals surface area contributed by atoms with Crippen molar-refractivity contribution in [2.24, 2.45) is 0 Å². The van der Waals surface area contributed by atoms with Gasteiger partial charge in [0.25, 0.3) is 0 Å². The van der Waals surface area contributed by atoms with Crippen LogP contribution in [0.3, 0.4) is 0 Å². The normalized spacial score (nSPS) is 10.9. The van der Waals surface area contributed by atoms with E-state index in [0.29, 0.717) is 17.8 Å². The molecule has 0 aromatic heterocycles. The van der Waals surface area contributed by atoms with E-state index in [0.717, 1.165) is 10.5 Å². The Morgan fingerprint density at radius 1 is 1.38 bits per heavy atom. The molecule has 0 aliphatic rings. The molecule has 6 heteroatoms. The van der Waals surface area contributed by atoms with Crippen molar-refractivity contribution in [1.29, 1.82) is 0 Å². The molecule has 1 rings (SSSR count). The maximum atomic E-state index is 10.7. The van der Waals surface area contributed by atoms with Gasteiger partial charge in [-0.3, -0.25) is 9.59 Å². The van der Waals surface area contributed by atoms with Gasteiger partial charge in [-0.25, -0.2) is 0 Å². The third-order valence-electron chi connectivity index (χ3n) is 1.91. The fourth-order valence-corrected chi connectivity index (χ4v) is 2.56. The average molecular weight is 274 g/mol. The van der Waals surface area contributed by atoms with Crippen LogP contribution in [0.2, 0.25) is 0 Å². The highest BCUT2D eigenvalue weighted by Gasteiger charge is 2.17. The van der Waals surface area contributed by atoms with Crippen LogP contribution < -0.4 is 4.52 Å². The lowest BCUT2D eigenvalue weighted by Gasteiger charge is -2.12. The quantitative estimate of drug-likeness (QED) is 0.469. The summed E-state index contributed by atoms with van der Waals surface area (Å²) in [5, 5.41) is 0. The van der Waals surface area contributed by atoms with Crippen LogP contribution >= 0.6 is 18.0 Å². The number of hydrogen-bond acceptors (Lipinski definition) is 5. The summed E-state index contributed by atoms with van der Waals surface area (Å²) in [6, 6.07) is 6.22. The minimum atomic E-state index is -2.98. The van der Waals surface area contributed by atoms with Crippen LogP contribution in [0.15, 0.2) is 23.1 Å². The Bertz CT molecular complexity index is 447. The zero-order valence-electron chi connectivity index (χ0n) is 8.88. The van der Waals surface area contributed by atoms with Gasteiger partial charge in [-0.1, -0.05) is 0 Å². The van der Waals surface area contributed by atoms with E-state index in [-0.39, 0.29) is 0 Å². The molecule has 0 aliphatic carbocycles. The first-order chi connectivity index (χ1) is 7.54. The van der Waals surface area contributed by atoms with Gasteiger partial charge in [0.15, 0.2) is 12.1 Å². The molecule has 0 unspecified atom stereocenters. The van der Waals surface area contributed by atoms with Gasteiger partial charge in [0.1, 0.15) is 5.75 Å². The van der Waals surface area contributed by atoms with Gasteiger partial charge < -0.3 is 4.52 Å². The second-order valence-electron chi connectivity index (χ2n) is 3.08. The number of carbonyl (C=O) groups is 2. The number of thioether (sulfide) groups is 1. The summed E-state index contributed by atoms with van der Waals surface area (Å²) in [4.78, 5) is 22.4. The van der Waals surface area contributed by atoms with E-state index >= 15 is 0 Å². The van der Waals surface area contributed by atoms with Crippen molar-refractivity contribution >= 4 is 41.9 Å². The predicted molar refractivity (Wildman–Crippen MR) is 71.4 cm³/mol. The van der Waals surface area contributed by atoms with Gasteiger partial charge in [0.05, 0.1) is 0 Å². The molecule has 0 bridgehead atoms. The lowest BCUT2D eigenvalue weighted by atomic mass is 10.2. The van der Waals surface area contributed by atoms with Crippen LogP contribution in [-0.4, -0.2) is 18.3 Å². The Kier molecular flexibility index (Phi) is 4.71. The molecule has 0 spiro atoms. The molecule has 3 nitrogen and oxygen atoms in total. The molecule has 0 saturated heterocycles. The average Bonchev–Trinajstić information content (AvgIpc) is 2.29. The number of benzene rings is 1. The first-order valence-electron chi connectivity index (χ1n) is 4.41. The van der Waals surface area contributed by atoms with Crippen LogP contribution in [0, 0.1) is 6.92 Å². The number of hydrogen-bond donors (Lipinski definition) is 0. The van der Waals surface area contributed by atoms with Gasteiger partial charge >= 0.3 is 0 Å². The third-order valence-corrected chi connectivity index (χ3v) is 4.63. The summed E-state index contributed by atoms with van der Waals surface area (Å²) < 4.78 is 5.26. The molecule has 1 aromatic carbocycles. The standard InChI is InChI=1S/C10H11O3PS2/c1-8-5-9(3-4-10(8)16-2)13-14(15,6-11)7-12/h3-7H,1-2H3. The zero-order chi connectivity index (χ0) is 12.2. The van der Waals surface area contributed by atoms with E-state index in [1.807, 2.05) is 19.2 Å². The largest absolute Gasteiger partial charge is 0.453 e. The zero-order valence-corrected chi connectivity index (χ0v) is 11.4. The summed E-state index contributed by atoms with van der Waals surface area (Å²) in [5.41, 5.74) is 1.03. The molecule has 0 N–H and O–H groups in total. The van der Waals surface area contributed by atoms with Crippen LogP contribution in [0.25, 0.3) is 0 Å². The highest BCUT2D eigenvalue weighted by molar-refractivity contribution is 8.26. The van der Waals surface area contributed by atoms with Gasteiger partial charge in [0, 0.05) is 4.90 Å². The smallest absolute Gasteiger partial charge is 0.233 e. The molecule has 0 heterocycles. The monoisotopic (exact) mass is 274 g/mol. The van der Waals surface area contributed by atoms with Crippen molar-refractivity contribution in [2.45, 2.75) is 11.8 Å². The molecule has 0 radical (unpaired) electrons.